The Morgan fingerprint density at radius 3 is 2.24 bits per heavy atom. The molecule has 0 atom stereocenters. The highest BCUT2D eigenvalue weighted by Crippen LogP contribution is 2.48. The van der Waals surface area contributed by atoms with E-state index in [2.05, 4.69) is 5.32 Å². The van der Waals surface area contributed by atoms with E-state index in [9.17, 15) is 17.6 Å². The van der Waals surface area contributed by atoms with Crippen molar-refractivity contribution in [1.82, 2.24) is 5.32 Å². The number of hydrogen-bond donors (Lipinski definition) is 1. The van der Waals surface area contributed by atoms with Gasteiger partial charge in [-0.05, 0) is 97.7 Å². The van der Waals surface area contributed by atoms with Crippen LogP contribution in [0.15, 0.2) is 65.1 Å². The number of nitrogens with zero attached hydrogens (tertiary/aromatic N) is 1. The van der Waals surface area contributed by atoms with E-state index in [1.807, 2.05) is 6.07 Å². The average molecular weight is 593 g/mol. The third-order valence-corrected chi connectivity index (χ3v) is 9.05. The molecule has 10 heteroatoms. The first-order valence-electron chi connectivity index (χ1n) is 14.1. The van der Waals surface area contributed by atoms with Gasteiger partial charge in [-0.3, -0.25) is 9.10 Å². The molecule has 220 valence electrons. The van der Waals surface area contributed by atoms with Crippen LogP contribution in [0, 0.1) is 11.7 Å². The topological polar surface area (TPSA) is 98.1 Å². The molecule has 1 aromatic heterocycles. The van der Waals surface area contributed by atoms with E-state index in [0.29, 0.717) is 64.8 Å². The summed E-state index contributed by atoms with van der Waals surface area (Å²) in [6.45, 7) is 1.63. The molecule has 1 aliphatic heterocycles. The summed E-state index contributed by atoms with van der Waals surface area (Å²) in [6.07, 6.45) is 4.78. The summed E-state index contributed by atoms with van der Waals surface area (Å²) in [7, 11) is -2.02. The number of fused-ring (bicyclic) bond motifs is 1. The van der Waals surface area contributed by atoms with Crippen molar-refractivity contribution < 1.29 is 31.5 Å². The van der Waals surface area contributed by atoms with E-state index >= 15 is 0 Å². The van der Waals surface area contributed by atoms with Gasteiger partial charge in [-0.15, -0.1) is 0 Å². The highest BCUT2D eigenvalue weighted by molar-refractivity contribution is 7.92. The number of amides is 1. The fourth-order valence-electron chi connectivity index (χ4n) is 5.53. The molecule has 42 heavy (non-hydrogen) atoms. The summed E-state index contributed by atoms with van der Waals surface area (Å²) in [6, 6.07) is 16.5. The first-order chi connectivity index (χ1) is 20.2. The second-order valence-corrected chi connectivity index (χ2v) is 12.9. The van der Waals surface area contributed by atoms with Gasteiger partial charge in [-0.25, -0.2) is 12.8 Å². The van der Waals surface area contributed by atoms with Gasteiger partial charge in [0.15, 0.2) is 0 Å². The minimum Gasteiger partial charge on any atom is -0.457 e. The minimum absolute atomic E-state index is 0.195. The molecule has 1 aliphatic carbocycles. The molecule has 0 bridgehead atoms. The Bertz CT molecular complexity index is 1710. The monoisotopic (exact) mass is 592 g/mol. The van der Waals surface area contributed by atoms with E-state index in [-0.39, 0.29) is 23.6 Å². The molecule has 2 fully saturated rings. The largest absolute Gasteiger partial charge is 0.457 e. The lowest BCUT2D eigenvalue weighted by atomic mass is 9.98. The quantitative estimate of drug-likeness (QED) is 0.240. The van der Waals surface area contributed by atoms with Crippen molar-refractivity contribution in [3.05, 3.63) is 77.6 Å². The van der Waals surface area contributed by atoms with Crippen LogP contribution in [0.3, 0.4) is 0 Å². The second-order valence-electron chi connectivity index (χ2n) is 11.0. The number of nitrogens with one attached hydrogen (secondary N) is 1. The standard InChI is InChI=1S/C32H33FN2O6S/c1-34-32(36)30-27-17-26(21-3-4-21)28(35(42(2,37)38)19-20-13-15-39-16-14-20)18-29(27)41-31(30)22-5-9-24(10-6-22)40-25-11-7-23(33)8-12-25/h5-12,17-18,20-21H,3-4,13-16,19H2,1-2H3,(H,34,36). The molecule has 3 aromatic carbocycles. The van der Waals surface area contributed by atoms with E-state index in [0.717, 1.165) is 31.2 Å². The Morgan fingerprint density at radius 1 is 1.00 bits per heavy atom. The highest BCUT2D eigenvalue weighted by atomic mass is 32.2. The molecule has 2 aliphatic rings. The van der Waals surface area contributed by atoms with Crippen molar-refractivity contribution in [2.45, 2.75) is 31.6 Å². The highest BCUT2D eigenvalue weighted by Gasteiger charge is 2.34. The number of ether oxygens (including phenoxy) is 2. The van der Waals surface area contributed by atoms with Crippen LogP contribution < -0.4 is 14.4 Å². The molecule has 0 radical (unpaired) electrons. The zero-order chi connectivity index (χ0) is 29.4. The molecule has 4 aromatic rings. The molecule has 1 saturated heterocycles. The van der Waals surface area contributed by atoms with Crippen molar-refractivity contribution in [2.75, 3.05) is 37.4 Å². The third-order valence-electron chi connectivity index (χ3n) is 7.91. The molecule has 8 nitrogen and oxygen atoms in total. The Balaban J connectivity index is 1.42. The number of anilines is 1. The lowest BCUT2D eigenvalue weighted by Crippen LogP contribution is -2.37. The van der Waals surface area contributed by atoms with E-state index < -0.39 is 10.0 Å². The molecule has 1 amide bonds. The molecule has 6 rings (SSSR count). The van der Waals surface area contributed by atoms with Gasteiger partial charge in [0.2, 0.25) is 10.0 Å². The van der Waals surface area contributed by atoms with Gasteiger partial charge < -0.3 is 19.2 Å². The molecule has 0 unspecified atom stereocenters. The summed E-state index contributed by atoms with van der Waals surface area (Å²) in [5.74, 6) is 1.19. The van der Waals surface area contributed by atoms with Crippen LogP contribution in [0.2, 0.25) is 0 Å². The smallest absolute Gasteiger partial charge is 0.255 e. The number of carbonyl (C=O) groups excluding carboxylic acids is 1. The number of carbonyl (C=O) groups is 1. The molecule has 0 spiro atoms. The van der Waals surface area contributed by atoms with Crippen LogP contribution >= 0.6 is 0 Å². The number of rotatable bonds is 9. The van der Waals surface area contributed by atoms with Gasteiger partial charge in [-0.2, -0.15) is 0 Å². The Labute approximate surface area is 244 Å². The van der Waals surface area contributed by atoms with Gasteiger partial charge >= 0.3 is 0 Å². The average Bonchev–Trinajstić information content (AvgIpc) is 3.77. The number of benzene rings is 3. The van der Waals surface area contributed by atoms with Gasteiger partial charge in [0.25, 0.3) is 5.91 Å². The van der Waals surface area contributed by atoms with Crippen LogP contribution in [0.25, 0.3) is 22.3 Å². The molecular formula is C32H33FN2O6S. The Kier molecular flexibility index (Phi) is 7.67. The molecule has 1 saturated carbocycles. The van der Waals surface area contributed by atoms with E-state index in [4.69, 9.17) is 13.9 Å². The summed E-state index contributed by atoms with van der Waals surface area (Å²) in [4.78, 5) is 13.2. The zero-order valence-electron chi connectivity index (χ0n) is 23.6. The third kappa shape index (κ3) is 5.87. The van der Waals surface area contributed by atoms with Gasteiger partial charge in [0.1, 0.15) is 28.7 Å². The number of hydrogen-bond acceptors (Lipinski definition) is 6. The molecule has 1 N–H and O–H groups in total. The maximum absolute atomic E-state index is 13.3. The van der Waals surface area contributed by atoms with E-state index in [1.165, 1.54) is 22.7 Å². The summed E-state index contributed by atoms with van der Waals surface area (Å²) >= 11 is 0. The minimum atomic E-state index is -3.59. The summed E-state index contributed by atoms with van der Waals surface area (Å²) in [5.41, 5.74) is 3.03. The van der Waals surface area contributed by atoms with Crippen molar-refractivity contribution >= 4 is 32.6 Å². The maximum Gasteiger partial charge on any atom is 0.255 e. The van der Waals surface area contributed by atoms with Crippen LogP contribution in [0.5, 0.6) is 11.5 Å². The maximum atomic E-state index is 13.3. The van der Waals surface area contributed by atoms with Crippen LogP contribution in [0.1, 0.15) is 47.5 Å². The first-order valence-corrected chi connectivity index (χ1v) is 16.0. The predicted molar refractivity (Wildman–Crippen MR) is 159 cm³/mol. The van der Waals surface area contributed by atoms with Crippen LogP contribution in [0.4, 0.5) is 10.1 Å². The van der Waals surface area contributed by atoms with Crippen molar-refractivity contribution in [3.8, 4) is 22.8 Å². The number of furan rings is 1. The zero-order valence-corrected chi connectivity index (χ0v) is 24.4. The van der Waals surface area contributed by atoms with Gasteiger partial charge in [-0.1, -0.05) is 0 Å². The predicted octanol–water partition coefficient (Wildman–Crippen LogP) is 6.46. The second kappa shape index (κ2) is 11.4. The van der Waals surface area contributed by atoms with Crippen molar-refractivity contribution in [3.63, 3.8) is 0 Å². The van der Waals surface area contributed by atoms with Crippen LogP contribution in [-0.2, 0) is 14.8 Å². The normalized spacial score (nSPS) is 16.0. The Morgan fingerprint density at radius 2 is 1.64 bits per heavy atom. The van der Waals surface area contributed by atoms with Crippen molar-refractivity contribution in [2.24, 2.45) is 5.92 Å². The Hall–Kier alpha value is -3.89. The fraction of sp³-hybridized carbons (Fsp3) is 0.344. The fourth-order valence-corrected chi connectivity index (χ4v) is 6.53. The number of sulfonamides is 1. The van der Waals surface area contributed by atoms with E-state index in [1.54, 1.807) is 49.5 Å². The van der Waals surface area contributed by atoms with Crippen molar-refractivity contribution in [1.29, 1.82) is 0 Å². The molecular weight excluding hydrogens is 559 g/mol. The molecule has 2 heterocycles. The lowest BCUT2D eigenvalue weighted by molar-refractivity contribution is 0.0691. The summed E-state index contributed by atoms with van der Waals surface area (Å²) in [5, 5.41) is 3.37. The SMILES string of the molecule is CNC(=O)c1c(-c2ccc(Oc3ccc(F)cc3)cc2)oc2cc(N(CC3CCOCC3)S(C)(=O)=O)c(C3CC3)cc12. The first kappa shape index (κ1) is 28.2. The van der Waals surface area contributed by atoms with Gasteiger partial charge in [0, 0.05) is 43.8 Å². The van der Waals surface area contributed by atoms with Gasteiger partial charge in [0.05, 0.1) is 17.5 Å². The number of halogens is 1. The lowest BCUT2D eigenvalue weighted by Gasteiger charge is -2.31. The summed E-state index contributed by atoms with van der Waals surface area (Å²) < 4.78 is 58.7. The van der Waals surface area contributed by atoms with Crippen LogP contribution in [-0.4, -0.2) is 47.4 Å².